The molecule has 0 spiro atoms. The van der Waals surface area contributed by atoms with Gasteiger partial charge in [0.25, 0.3) is 0 Å². The van der Waals surface area contributed by atoms with E-state index in [1.807, 2.05) is 0 Å². The molecule has 0 bridgehead atoms. The molecule has 0 aromatic heterocycles. The van der Waals surface area contributed by atoms with E-state index in [-0.39, 0.29) is 37.7 Å². The smallest absolute Gasteiger partial charge is 0.302 e. The van der Waals surface area contributed by atoms with Crippen molar-refractivity contribution in [2.75, 3.05) is 13.2 Å². The normalized spacial score (nSPS) is 26.8. The van der Waals surface area contributed by atoms with Gasteiger partial charge in [-0.3, -0.25) is 14.4 Å². The summed E-state index contributed by atoms with van der Waals surface area (Å²) in [6.07, 6.45) is 0.429. The molecule has 1 saturated heterocycles. The van der Waals surface area contributed by atoms with Crippen molar-refractivity contribution >= 4 is 17.7 Å². The minimum Gasteiger partial charge on any atom is -0.465 e. The summed E-state index contributed by atoms with van der Waals surface area (Å²) >= 11 is 0. The molecule has 0 aliphatic carbocycles. The monoisotopic (exact) mass is 213 g/mol. The Labute approximate surface area is 88.2 Å². The van der Waals surface area contributed by atoms with E-state index < -0.39 is 11.4 Å². The summed E-state index contributed by atoms with van der Waals surface area (Å²) in [6.45, 7) is 3.26. The fourth-order valence-corrected chi connectivity index (χ4v) is 1.40. The highest BCUT2D eigenvalue weighted by Crippen LogP contribution is 2.22. The van der Waals surface area contributed by atoms with Gasteiger partial charge >= 0.3 is 5.97 Å². The van der Waals surface area contributed by atoms with E-state index in [9.17, 15) is 14.4 Å². The summed E-state index contributed by atoms with van der Waals surface area (Å²) in [4.78, 5) is 33.5. The first-order valence-corrected chi connectivity index (χ1v) is 4.87. The van der Waals surface area contributed by atoms with Crippen LogP contribution in [0.15, 0.2) is 0 Å². The number of Topliss-reactive ketones (excluding diaryl/α,β-unsaturated/α-hetero) is 1. The Kier molecular flexibility index (Phi) is 3.44. The second kappa shape index (κ2) is 4.42. The van der Waals surface area contributed by atoms with Crippen LogP contribution < -0.4 is 5.32 Å². The minimum absolute atomic E-state index is 0.0292. The highest BCUT2D eigenvalue weighted by Gasteiger charge is 2.36. The third kappa shape index (κ3) is 3.04. The molecule has 1 heterocycles. The van der Waals surface area contributed by atoms with Crippen molar-refractivity contribution in [1.29, 1.82) is 0 Å². The number of rotatable bonds is 2. The average molecular weight is 213 g/mol. The summed E-state index contributed by atoms with van der Waals surface area (Å²) < 4.78 is 4.83. The topological polar surface area (TPSA) is 72.5 Å². The van der Waals surface area contributed by atoms with Gasteiger partial charge in [0.05, 0.1) is 5.41 Å². The number of ether oxygens (including phenoxy) is 1. The van der Waals surface area contributed by atoms with Gasteiger partial charge in [-0.05, 0) is 6.92 Å². The predicted molar refractivity (Wildman–Crippen MR) is 52.0 cm³/mol. The van der Waals surface area contributed by atoms with Crippen molar-refractivity contribution in [2.24, 2.45) is 5.41 Å². The number of nitrogens with one attached hydrogen (secondary N) is 1. The molecule has 1 aliphatic rings. The second-order valence-electron chi connectivity index (χ2n) is 4.04. The molecule has 0 aromatic carbocycles. The van der Waals surface area contributed by atoms with Crippen LogP contribution in [0.5, 0.6) is 0 Å². The van der Waals surface area contributed by atoms with Gasteiger partial charge in [0, 0.05) is 26.3 Å². The Morgan fingerprint density at radius 2 is 2.13 bits per heavy atom. The number of esters is 1. The highest BCUT2D eigenvalue weighted by molar-refractivity contribution is 5.91. The fraction of sp³-hybridized carbons (Fsp3) is 0.700. The first-order chi connectivity index (χ1) is 6.94. The maximum atomic E-state index is 11.7. The van der Waals surface area contributed by atoms with Crippen molar-refractivity contribution in [3.8, 4) is 0 Å². The molecule has 0 radical (unpaired) electrons. The van der Waals surface area contributed by atoms with Crippen LogP contribution in [0.4, 0.5) is 0 Å². The maximum Gasteiger partial charge on any atom is 0.302 e. The van der Waals surface area contributed by atoms with E-state index in [4.69, 9.17) is 4.74 Å². The SMILES string of the molecule is CC(=O)OCC1(C)CNC(=O)CCC1=O. The predicted octanol–water partition coefficient (Wildman–Crippen LogP) is 0.0349. The van der Waals surface area contributed by atoms with Crippen molar-refractivity contribution in [3.63, 3.8) is 0 Å². The zero-order chi connectivity index (χ0) is 11.5. The highest BCUT2D eigenvalue weighted by atomic mass is 16.5. The zero-order valence-corrected chi connectivity index (χ0v) is 8.96. The zero-order valence-electron chi connectivity index (χ0n) is 8.96. The lowest BCUT2D eigenvalue weighted by Crippen LogP contribution is -2.41. The molecule has 1 unspecified atom stereocenters. The van der Waals surface area contributed by atoms with Crippen molar-refractivity contribution in [3.05, 3.63) is 0 Å². The summed E-state index contributed by atoms with van der Waals surface area (Å²) in [7, 11) is 0. The lowest BCUT2D eigenvalue weighted by atomic mass is 9.85. The Bertz CT molecular complexity index is 300. The van der Waals surface area contributed by atoms with E-state index in [0.29, 0.717) is 0 Å². The standard InChI is InChI=1S/C10H15NO4/c1-7(12)15-6-10(2)5-11-9(14)4-3-8(10)13/h3-6H2,1-2H3,(H,11,14). The fourth-order valence-electron chi connectivity index (χ4n) is 1.40. The van der Waals surface area contributed by atoms with Gasteiger partial charge in [0.2, 0.25) is 5.91 Å². The van der Waals surface area contributed by atoms with Crippen LogP contribution in [0, 0.1) is 5.41 Å². The Hall–Kier alpha value is -1.39. The molecule has 5 heteroatoms. The third-order valence-corrected chi connectivity index (χ3v) is 2.52. The molecule has 1 aliphatic heterocycles. The van der Waals surface area contributed by atoms with Crippen LogP contribution in [0.2, 0.25) is 0 Å². The Balaban J connectivity index is 2.66. The van der Waals surface area contributed by atoms with Crippen molar-refractivity contribution < 1.29 is 19.1 Å². The van der Waals surface area contributed by atoms with Gasteiger partial charge in [-0.2, -0.15) is 0 Å². The summed E-state index contributed by atoms with van der Waals surface area (Å²) in [6, 6.07) is 0. The molecule has 0 aromatic rings. The number of hydrogen-bond donors (Lipinski definition) is 1. The molecule has 1 N–H and O–H groups in total. The largest absolute Gasteiger partial charge is 0.465 e. The number of hydrogen-bond acceptors (Lipinski definition) is 4. The van der Waals surface area contributed by atoms with Crippen LogP contribution >= 0.6 is 0 Å². The van der Waals surface area contributed by atoms with Crippen LogP contribution in [-0.4, -0.2) is 30.8 Å². The molecule has 1 amide bonds. The molecule has 1 rings (SSSR count). The first kappa shape index (κ1) is 11.7. The molecule has 5 nitrogen and oxygen atoms in total. The van der Waals surface area contributed by atoms with Gasteiger partial charge in [-0.1, -0.05) is 0 Å². The van der Waals surface area contributed by atoms with Crippen molar-refractivity contribution in [2.45, 2.75) is 26.7 Å². The Morgan fingerprint density at radius 3 is 2.73 bits per heavy atom. The third-order valence-electron chi connectivity index (χ3n) is 2.52. The van der Waals surface area contributed by atoms with Gasteiger partial charge in [-0.25, -0.2) is 0 Å². The lowest BCUT2D eigenvalue weighted by molar-refractivity contribution is -0.147. The minimum atomic E-state index is -0.780. The molecular weight excluding hydrogens is 198 g/mol. The molecule has 1 atom stereocenters. The molecule has 0 saturated carbocycles. The number of carbonyl (C=O) groups excluding carboxylic acids is 3. The number of amides is 1. The van der Waals surface area contributed by atoms with Crippen molar-refractivity contribution in [1.82, 2.24) is 5.32 Å². The quantitative estimate of drug-likeness (QED) is 0.657. The van der Waals surface area contributed by atoms with E-state index in [2.05, 4.69) is 5.32 Å². The number of carbonyl (C=O) groups is 3. The number of ketones is 1. The summed E-state index contributed by atoms with van der Waals surface area (Å²) in [5.41, 5.74) is -0.780. The van der Waals surface area contributed by atoms with Crippen LogP contribution in [0.3, 0.4) is 0 Å². The first-order valence-electron chi connectivity index (χ1n) is 4.87. The Morgan fingerprint density at radius 1 is 1.47 bits per heavy atom. The molecule has 15 heavy (non-hydrogen) atoms. The van der Waals surface area contributed by atoms with E-state index >= 15 is 0 Å². The molecule has 84 valence electrons. The van der Waals surface area contributed by atoms with E-state index in [1.165, 1.54) is 6.92 Å². The van der Waals surface area contributed by atoms with Crippen LogP contribution in [0.25, 0.3) is 0 Å². The van der Waals surface area contributed by atoms with E-state index in [0.717, 1.165) is 0 Å². The van der Waals surface area contributed by atoms with Gasteiger partial charge in [0.15, 0.2) is 0 Å². The second-order valence-corrected chi connectivity index (χ2v) is 4.04. The summed E-state index contributed by atoms with van der Waals surface area (Å²) in [5.74, 6) is -0.586. The molecule has 1 fully saturated rings. The van der Waals surface area contributed by atoms with Crippen LogP contribution in [0.1, 0.15) is 26.7 Å². The maximum absolute atomic E-state index is 11.7. The molecular formula is C10H15NO4. The van der Waals surface area contributed by atoms with Gasteiger partial charge in [0.1, 0.15) is 12.4 Å². The van der Waals surface area contributed by atoms with Gasteiger partial charge in [-0.15, -0.1) is 0 Å². The van der Waals surface area contributed by atoms with Gasteiger partial charge < -0.3 is 10.1 Å². The average Bonchev–Trinajstić information content (AvgIpc) is 2.30. The van der Waals surface area contributed by atoms with Crippen LogP contribution in [-0.2, 0) is 19.1 Å². The lowest BCUT2D eigenvalue weighted by Gasteiger charge is -2.25. The summed E-state index contributed by atoms with van der Waals surface area (Å²) in [5, 5.41) is 2.64. The van der Waals surface area contributed by atoms with E-state index in [1.54, 1.807) is 6.92 Å².